The molecule has 5 atom stereocenters. The summed E-state index contributed by atoms with van der Waals surface area (Å²) in [7, 11) is 1.53. The molecule has 20 heavy (non-hydrogen) atoms. The summed E-state index contributed by atoms with van der Waals surface area (Å²) in [6, 6.07) is 0. The van der Waals surface area contributed by atoms with Crippen molar-refractivity contribution in [2.75, 3.05) is 20.5 Å². The molecule has 0 unspecified atom stereocenters. The van der Waals surface area contributed by atoms with Gasteiger partial charge in [0.25, 0.3) is 0 Å². The van der Waals surface area contributed by atoms with Crippen molar-refractivity contribution in [3.8, 4) is 0 Å². The zero-order valence-corrected chi connectivity index (χ0v) is 12.1. The van der Waals surface area contributed by atoms with Crippen LogP contribution >= 0.6 is 0 Å². The molecule has 2 rings (SSSR count). The molecule has 0 aromatic rings. The summed E-state index contributed by atoms with van der Waals surface area (Å²) < 4.78 is 10.5. The lowest BCUT2D eigenvalue weighted by Crippen LogP contribution is -2.52. The van der Waals surface area contributed by atoms with Gasteiger partial charge in [0.05, 0.1) is 6.10 Å². The van der Waals surface area contributed by atoms with E-state index in [1.807, 2.05) is 6.92 Å². The van der Waals surface area contributed by atoms with E-state index < -0.39 is 12.2 Å². The molecule has 0 aromatic carbocycles. The van der Waals surface area contributed by atoms with Crippen LogP contribution in [0.2, 0.25) is 0 Å². The van der Waals surface area contributed by atoms with E-state index in [0.717, 1.165) is 6.42 Å². The maximum Gasteiger partial charge on any atom is 0.164 e. The van der Waals surface area contributed by atoms with Gasteiger partial charge < -0.3 is 19.7 Å². The number of carbonyl (C=O) groups excluding carboxylic acids is 1. The molecule has 2 aliphatic rings. The highest BCUT2D eigenvalue weighted by molar-refractivity contribution is 5.85. The van der Waals surface area contributed by atoms with Gasteiger partial charge in [-0.1, -0.05) is 11.6 Å². The predicted octanol–water partition coefficient (Wildman–Crippen LogP) is 0.890. The molecule has 0 saturated heterocycles. The molecule has 0 aromatic heterocycles. The largest absolute Gasteiger partial charge is 0.396 e. The van der Waals surface area contributed by atoms with E-state index in [1.54, 1.807) is 0 Å². The van der Waals surface area contributed by atoms with E-state index in [-0.39, 0.29) is 43.4 Å². The number of ketones is 1. The van der Waals surface area contributed by atoms with Crippen LogP contribution < -0.4 is 0 Å². The molecule has 5 heteroatoms. The van der Waals surface area contributed by atoms with Crippen LogP contribution in [0.5, 0.6) is 0 Å². The van der Waals surface area contributed by atoms with Gasteiger partial charge in [-0.2, -0.15) is 0 Å². The van der Waals surface area contributed by atoms with Crippen molar-refractivity contribution in [1.82, 2.24) is 0 Å². The number of hydrogen-bond acceptors (Lipinski definition) is 5. The molecule has 114 valence electrons. The zero-order valence-electron chi connectivity index (χ0n) is 12.1. The highest BCUT2D eigenvalue weighted by Gasteiger charge is 2.48. The Labute approximate surface area is 119 Å². The summed E-state index contributed by atoms with van der Waals surface area (Å²) in [5.74, 6) is 0.0235. The van der Waals surface area contributed by atoms with Crippen molar-refractivity contribution in [2.24, 2.45) is 17.8 Å². The number of fused-ring (bicyclic) bond motifs is 1. The van der Waals surface area contributed by atoms with E-state index in [0.29, 0.717) is 6.42 Å². The summed E-state index contributed by atoms with van der Waals surface area (Å²) in [5, 5.41) is 19.6. The van der Waals surface area contributed by atoms with Crippen LogP contribution in [0, 0.1) is 17.8 Å². The normalized spacial score (nSPS) is 37.5. The molecule has 5 nitrogen and oxygen atoms in total. The number of aliphatic hydroxyl groups excluding tert-OH is 2. The maximum absolute atomic E-state index is 12.1. The van der Waals surface area contributed by atoms with Crippen LogP contribution in [0.25, 0.3) is 0 Å². The van der Waals surface area contributed by atoms with E-state index in [2.05, 4.69) is 6.08 Å². The molecule has 0 spiro atoms. The van der Waals surface area contributed by atoms with Crippen LogP contribution in [-0.4, -0.2) is 48.7 Å². The molecule has 2 aliphatic carbocycles. The Morgan fingerprint density at radius 2 is 2.20 bits per heavy atom. The quantitative estimate of drug-likeness (QED) is 0.579. The van der Waals surface area contributed by atoms with E-state index in [4.69, 9.17) is 9.47 Å². The van der Waals surface area contributed by atoms with E-state index in [1.165, 1.54) is 12.7 Å². The first-order valence-electron chi connectivity index (χ1n) is 7.19. The van der Waals surface area contributed by atoms with Crippen LogP contribution in [0.3, 0.4) is 0 Å². The van der Waals surface area contributed by atoms with Gasteiger partial charge in [0.15, 0.2) is 5.78 Å². The Morgan fingerprint density at radius 1 is 1.45 bits per heavy atom. The minimum Gasteiger partial charge on any atom is -0.396 e. The molecular weight excluding hydrogens is 260 g/mol. The van der Waals surface area contributed by atoms with Gasteiger partial charge in [0, 0.05) is 26.1 Å². The number of aliphatic hydroxyl groups is 2. The maximum atomic E-state index is 12.1. The molecule has 0 heterocycles. The number of rotatable bonds is 5. The minimum atomic E-state index is -0.643. The molecular formula is C15H24O5. The Balaban J connectivity index is 2.22. The van der Waals surface area contributed by atoms with Crippen LogP contribution in [-0.2, 0) is 14.3 Å². The molecule has 0 amide bonds. The third-order valence-electron chi connectivity index (χ3n) is 4.62. The van der Waals surface area contributed by atoms with Gasteiger partial charge >= 0.3 is 0 Å². The number of ether oxygens (including phenoxy) is 2. The number of hydrogen-bond donors (Lipinski definition) is 2. The van der Waals surface area contributed by atoms with Crippen molar-refractivity contribution in [1.29, 1.82) is 0 Å². The monoisotopic (exact) mass is 284 g/mol. The van der Waals surface area contributed by atoms with Crippen LogP contribution in [0.15, 0.2) is 11.6 Å². The van der Waals surface area contributed by atoms with Gasteiger partial charge in [0.2, 0.25) is 0 Å². The first-order valence-corrected chi connectivity index (χ1v) is 7.19. The highest BCUT2D eigenvalue weighted by Crippen LogP contribution is 2.45. The fraction of sp³-hybridized carbons (Fsp3) is 0.800. The van der Waals surface area contributed by atoms with Gasteiger partial charge in [-0.3, -0.25) is 4.79 Å². The van der Waals surface area contributed by atoms with Crippen molar-refractivity contribution < 1.29 is 24.5 Å². The molecule has 1 saturated carbocycles. The zero-order chi connectivity index (χ0) is 14.7. The first-order chi connectivity index (χ1) is 9.60. The summed E-state index contributed by atoms with van der Waals surface area (Å²) in [4.78, 5) is 12.1. The SMILES string of the molecule is COCO[C@H]1C(=O)C[C@H](O)[C@H]2[C@@H]1CC=C(C)[C@@H]2CCO. The van der Waals surface area contributed by atoms with Crippen molar-refractivity contribution in [2.45, 2.75) is 38.4 Å². The number of Topliss-reactive ketones (excluding diaryl/α,β-unsaturated/α-hetero) is 1. The summed E-state index contributed by atoms with van der Waals surface area (Å²) >= 11 is 0. The average Bonchev–Trinajstić information content (AvgIpc) is 2.41. The van der Waals surface area contributed by atoms with Crippen molar-refractivity contribution in [3.63, 3.8) is 0 Å². The van der Waals surface area contributed by atoms with Gasteiger partial charge in [-0.25, -0.2) is 0 Å². The molecule has 0 bridgehead atoms. The summed E-state index contributed by atoms with van der Waals surface area (Å²) in [6.07, 6.45) is 2.44. The summed E-state index contributed by atoms with van der Waals surface area (Å²) in [6.45, 7) is 2.21. The van der Waals surface area contributed by atoms with Crippen LogP contribution in [0.4, 0.5) is 0 Å². The van der Waals surface area contributed by atoms with E-state index >= 15 is 0 Å². The third-order valence-corrected chi connectivity index (χ3v) is 4.62. The number of methoxy groups -OCH3 is 1. The fourth-order valence-electron chi connectivity index (χ4n) is 3.73. The number of carbonyl (C=O) groups is 1. The number of allylic oxidation sites excluding steroid dienone is 2. The van der Waals surface area contributed by atoms with Crippen molar-refractivity contribution >= 4 is 5.78 Å². The predicted molar refractivity (Wildman–Crippen MR) is 72.9 cm³/mol. The third kappa shape index (κ3) is 2.96. The highest BCUT2D eigenvalue weighted by atomic mass is 16.7. The first kappa shape index (κ1) is 15.6. The second kappa shape index (κ2) is 6.80. The minimum absolute atomic E-state index is 0.0216. The van der Waals surface area contributed by atoms with E-state index in [9.17, 15) is 15.0 Å². The van der Waals surface area contributed by atoms with Crippen LogP contribution in [0.1, 0.15) is 26.2 Å². The smallest absolute Gasteiger partial charge is 0.164 e. The average molecular weight is 284 g/mol. The van der Waals surface area contributed by atoms with Gasteiger partial charge in [-0.05, 0) is 31.6 Å². The second-order valence-electron chi connectivity index (χ2n) is 5.78. The summed E-state index contributed by atoms with van der Waals surface area (Å²) in [5.41, 5.74) is 1.19. The standard InChI is InChI=1S/C15H24O5/c1-9-3-4-11-14(10(9)5-6-16)12(17)7-13(18)15(11)20-8-19-2/h3,10-12,14-17H,4-8H2,1-2H3/t10-,11-,12-,14+,15+/m0/s1. The molecule has 2 N–H and O–H groups in total. The lowest BCUT2D eigenvalue weighted by Gasteiger charge is -2.46. The Kier molecular flexibility index (Phi) is 5.32. The Bertz CT molecular complexity index is 378. The Hall–Kier alpha value is -0.750. The fourth-order valence-corrected chi connectivity index (χ4v) is 3.73. The topological polar surface area (TPSA) is 76.0 Å². The van der Waals surface area contributed by atoms with Gasteiger partial charge in [0.1, 0.15) is 12.9 Å². The van der Waals surface area contributed by atoms with Gasteiger partial charge in [-0.15, -0.1) is 0 Å². The molecule has 0 aliphatic heterocycles. The van der Waals surface area contributed by atoms with Crippen molar-refractivity contribution in [3.05, 3.63) is 11.6 Å². The lowest BCUT2D eigenvalue weighted by atomic mass is 9.62. The molecule has 0 radical (unpaired) electrons. The second-order valence-corrected chi connectivity index (χ2v) is 5.78. The molecule has 1 fully saturated rings. The lowest BCUT2D eigenvalue weighted by molar-refractivity contribution is -0.166. The Morgan fingerprint density at radius 3 is 2.85 bits per heavy atom.